The van der Waals surface area contributed by atoms with Gasteiger partial charge in [0.2, 0.25) is 0 Å². The summed E-state index contributed by atoms with van der Waals surface area (Å²) in [6, 6.07) is 9.57. The van der Waals surface area contributed by atoms with Crippen LogP contribution in [0, 0.1) is 5.92 Å². The van der Waals surface area contributed by atoms with E-state index in [1.165, 1.54) is 25.7 Å². The maximum absolute atomic E-state index is 12.9. The lowest BCUT2D eigenvalue weighted by atomic mass is 10.0. The molecule has 0 atom stereocenters. The molecule has 1 aromatic carbocycles. The first kappa shape index (κ1) is 17.6. The minimum absolute atomic E-state index is 0.0264. The highest BCUT2D eigenvalue weighted by molar-refractivity contribution is 5.98. The molecule has 0 unspecified atom stereocenters. The molecule has 1 aliphatic carbocycles. The Balaban J connectivity index is 1.82. The Hall–Kier alpha value is -2.82. The third-order valence-electron chi connectivity index (χ3n) is 5.55. The number of nitrogens with zero attached hydrogens (tertiary/aromatic N) is 2. The number of pyridine rings is 1. The summed E-state index contributed by atoms with van der Waals surface area (Å²) in [6.07, 6.45) is 8.67. The largest absolute Gasteiger partial charge is 0.357 e. The third-order valence-corrected chi connectivity index (χ3v) is 5.55. The SMILES string of the molecule is CN(C)C(=O)c1cccc(-c2cn(CC3CCCC3)c(=O)c3[nH]ccc23)c1. The van der Waals surface area contributed by atoms with Crippen LogP contribution < -0.4 is 5.56 Å². The lowest BCUT2D eigenvalue weighted by Gasteiger charge is -2.15. The maximum atomic E-state index is 12.9. The topological polar surface area (TPSA) is 58.1 Å². The Kier molecular flexibility index (Phi) is 4.60. The van der Waals surface area contributed by atoms with Gasteiger partial charge in [-0.2, -0.15) is 0 Å². The van der Waals surface area contributed by atoms with Gasteiger partial charge < -0.3 is 14.5 Å². The molecule has 2 heterocycles. The number of nitrogens with one attached hydrogen (secondary N) is 1. The zero-order chi connectivity index (χ0) is 19.0. The van der Waals surface area contributed by atoms with Crippen LogP contribution in [0.2, 0.25) is 0 Å². The zero-order valence-corrected chi connectivity index (χ0v) is 15.9. The van der Waals surface area contributed by atoms with Crippen molar-refractivity contribution in [3.63, 3.8) is 0 Å². The van der Waals surface area contributed by atoms with Crippen LogP contribution in [0.5, 0.6) is 0 Å². The van der Waals surface area contributed by atoms with Crippen molar-refractivity contribution < 1.29 is 4.79 Å². The molecule has 1 amide bonds. The Labute approximate surface area is 158 Å². The standard InChI is InChI=1S/C22H25N3O2/c1-24(2)21(26)17-9-5-8-16(12-17)19-14-25(13-15-6-3-4-7-15)22(27)20-18(19)10-11-23-20/h5,8-12,14-15,23H,3-4,6-7,13H2,1-2H3. The van der Waals surface area contributed by atoms with Gasteiger partial charge in [0.05, 0.1) is 0 Å². The molecule has 0 bridgehead atoms. The molecular formula is C22H25N3O2. The summed E-state index contributed by atoms with van der Waals surface area (Å²) in [6.45, 7) is 0.761. The molecular weight excluding hydrogens is 338 g/mol. The van der Waals surface area contributed by atoms with Gasteiger partial charge in [0.15, 0.2) is 0 Å². The Morgan fingerprint density at radius 1 is 1.22 bits per heavy atom. The summed E-state index contributed by atoms with van der Waals surface area (Å²) in [5.41, 5.74) is 3.25. The second kappa shape index (κ2) is 7.06. The van der Waals surface area contributed by atoms with Gasteiger partial charge in [-0.05, 0) is 42.5 Å². The Morgan fingerprint density at radius 2 is 2.00 bits per heavy atom. The normalized spacial score (nSPS) is 14.7. The highest BCUT2D eigenvalue weighted by Crippen LogP contribution is 2.30. The molecule has 1 aliphatic rings. The number of carbonyl (C=O) groups is 1. The first-order valence-corrected chi connectivity index (χ1v) is 9.57. The molecule has 4 rings (SSSR count). The minimum atomic E-state index is -0.0264. The summed E-state index contributed by atoms with van der Waals surface area (Å²) in [5, 5.41) is 0.900. The number of H-pyrrole nitrogens is 1. The van der Waals surface area contributed by atoms with Crippen LogP contribution >= 0.6 is 0 Å². The van der Waals surface area contributed by atoms with Crippen LogP contribution in [-0.2, 0) is 6.54 Å². The molecule has 140 valence electrons. The minimum Gasteiger partial charge on any atom is -0.357 e. The van der Waals surface area contributed by atoms with Crippen molar-refractivity contribution in [3.8, 4) is 11.1 Å². The second-order valence-corrected chi connectivity index (χ2v) is 7.70. The van der Waals surface area contributed by atoms with E-state index in [9.17, 15) is 9.59 Å². The second-order valence-electron chi connectivity index (χ2n) is 7.70. The molecule has 2 aromatic heterocycles. The van der Waals surface area contributed by atoms with Crippen molar-refractivity contribution in [2.45, 2.75) is 32.2 Å². The predicted octanol–water partition coefficient (Wildman–Crippen LogP) is 3.89. The highest BCUT2D eigenvalue weighted by atomic mass is 16.2. The number of hydrogen-bond acceptors (Lipinski definition) is 2. The van der Waals surface area contributed by atoms with E-state index >= 15 is 0 Å². The molecule has 1 saturated carbocycles. The number of fused-ring (bicyclic) bond motifs is 1. The van der Waals surface area contributed by atoms with Crippen molar-refractivity contribution in [2.24, 2.45) is 5.92 Å². The lowest BCUT2D eigenvalue weighted by molar-refractivity contribution is 0.0827. The number of aromatic amines is 1. The molecule has 27 heavy (non-hydrogen) atoms. The summed E-state index contributed by atoms with van der Waals surface area (Å²) >= 11 is 0. The Bertz CT molecular complexity index is 1040. The van der Waals surface area contributed by atoms with Gasteiger partial charge in [-0.1, -0.05) is 25.0 Å². The van der Waals surface area contributed by atoms with E-state index in [1.807, 2.05) is 47.3 Å². The van der Waals surface area contributed by atoms with E-state index in [-0.39, 0.29) is 11.5 Å². The van der Waals surface area contributed by atoms with Crippen LogP contribution in [-0.4, -0.2) is 34.5 Å². The predicted molar refractivity (Wildman–Crippen MR) is 108 cm³/mol. The molecule has 1 N–H and O–H groups in total. The van der Waals surface area contributed by atoms with Crippen molar-refractivity contribution in [1.29, 1.82) is 0 Å². The molecule has 0 spiro atoms. The number of amides is 1. The van der Waals surface area contributed by atoms with E-state index in [4.69, 9.17) is 0 Å². The quantitative estimate of drug-likeness (QED) is 0.764. The fourth-order valence-electron chi connectivity index (χ4n) is 4.11. The first-order chi connectivity index (χ1) is 13.0. The zero-order valence-electron chi connectivity index (χ0n) is 15.9. The Morgan fingerprint density at radius 3 is 2.74 bits per heavy atom. The van der Waals surface area contributed by atoms with Crippen molar-refractivity contribution in [1.82, 2.24) is 14.5 Å². The van der Waals surface area contributed by atoms with E-state index in [0.29, 0.717) is 17.0 Å². The van der Waals surface area contributed by atoms with Gasteiger partial charge in [0.25, 0.3) is 11.5 Å². The van der Waals surface area contributed by atoms with Gasteiger partial charge in [0, 0.05) is 49.5 Å². The fraction of sp³-hybridized carbons (Fsp3) is 0.364. The number of carbonyl (C=O) groups excluding carboxylic acids is 1. The average molecular weight is 363 g/mol. The van der Waals surface area contributed by atoms with Crippen LogP contribution in [0.15, 0.2) is 47.5 Å². The van der Waals surface area contributed by atoms with Gasteiger partial charge >= 0.3 is 0 Å². The summed E-state index contributed by atoms with van der Waals surface area (Å²) < 4.78 is 1.85. The highest BCUT2D eigenvalue weighted by Gasteiger charge is 2.19. The molecule has 1 fully saturated rings. The summed E-state index contributed by atoms with van der Waals surface area (Å²) in [7, 11) is 3.50. The van der Waals surface area contributed by atoms with Crippen LogP contribution in [0.25, 0.3) is 22.0 Å². The van der Waals surface area contributed by atoms with Gasteiger partial charge in [-0.15, -0.1) is 0 Å². The number of aromatic nitrogens is 2. The third kappa shape index (κ3) is 3.29. The molecule has 0 aliphatic heterocycles. The molecule has 3 aromatic rings. The van der Waals surface area contributed by atoms with Crippen LogP contribution in [0.1, 0.15) is 36.0 Å². The van der Waals surface area contributed by atoms with E-state index < -0.39 is 0 Å². The summed E-state index contributed by atoms with van der Waals surface area (Å²) in [4.78, 5) is 29.9. The summed E-state index contributed by atoms with van der Waals surface area (Å²) in [5.74, 6) is 0.547. The van der Waals surface area contributed by atoms with Crippen LogP contribution in [0.3, 0.4) is 0 Å². The monoisotopic (exact) mass is 363 g/mol. The number of hydrogen-bond donors (Lipinski definition) is 1. The van der Waals surface area contributed by atoms with E-state index in [2.05, 4.69) is 4.98 Å². The van der Waals surface area contributed by atoms with Gasteiger partial charge in [-0.3, -0.25) is 9.59 Å². The smallest absolute Gasteiger partial charge is 0.274 e. The average Bonchev–Trinajstić information content (AvgIpc) is 3.35. The molecule has 0 radical (unpaired) electrons. The molecule has 5 heteroatoms. The van der Waals surface area contributed by atoms with E-state index in [1.54, 1.807) is 19.0 Å². The van der Waals surface area contributed by atoms with Crippen molar-refractivity contribution >= 4 is 16.8 Å². The van der Waals surface area contributed by atoms with Crippen molar-refractivity contribution in [3.05, 3.63) is 58.6 Å². The fourth-order valence-corrected chi connectivity index (χ4v) is 4.11. The maximum Gasteiger partial charge on any atom is 0.274 e. The number of benzene rings is 1. The van der Waals surface area contributed by atoms with Crippen LogP contribution in [0.4, 0.5) is 0 Å². The van der Waals surface area contributed by atoms with Gasteiger partial charge in [0.1, 0.15) is 5.52 Å². The first-order valence-electron chi connectivity index (χ1n) is 9.57. The van der Waals surface area contributed by atoms with E-state index in [0.717, 1.165) is 23.1 Å². The van der Waals surface area contributed by atoms with Gasteiger partial charge in [-0.25, -0.2) is 0 Å². The molecule has 0 saturated heterocycles. The molecule has 5 nitrogen and oxygen atoms in total. The lowest BCUT2D eigenvalue weighted by Crippen LogP contribution is -2.23. The van der Waals surface area contributed by atoms with Crippen molar-refractivity contribution in [2.75, 3.05) is 14.1 Å². The number of rotatable bonds is 4.